The monoisotopic (exact) mass is 563 g/mol. The molecular formula is C30H29N9O3. The van der Waals surface area contributed by atoms with Crippen molar-refractivity contribution in [2.75, 3.05) is 23.8 Å². The number of aliphatic hydroxyl groups is 1. The van der Waals surface area contributed by atoms with Crippen molar-refractivity contribution in [2.45, 2.75) is 32.4 Å². The second-order valence-electron chi connectivity index (χ2n) is 10.2. The number of benzene rings is 1. The van der Waals surface area contributed by atoms with Gasteiger partial charge in [0.1, 0.15) is 17.2 Å². The van der Waals surface area contributed by atoms with E-state index in [2.05, 4.69) is 30.7 Å². The summed E-state index contributed by atoms with van der Waals surface area (Å²) in [4.78, 5) is 37.3. The minimum Gasteiger partial charge on any atom is -0.394 e. The number of rotatable bonds is 9. The smallest absolute Gasteiger partial charge is 0.263 e. The molecule has 1 aliphatic heterocycles. The zero-order valence-electron chi connectivity index (χ0n) is 23.3. The first-order valence-electron chi connectivity index (χ1n) is 13.5. The first-order chi connectivity index (χ1) is 20.4. The zero-order chi connectivity index (χ0) is 29.3. The summed E-state index contributed by atoms with van der Waals surface area (Å²) in [7, 11) is 0. The molecule has 42 heavy (non-hydrogen) atoms. The number of anilines is 3. The summed E-state index contributed by atoms with van der Waals surface area (Å²) in [6.07, 6.45) is 4.88. The Hall–Kier alpha value is -5.23. The van der Waals surface area contributed by atoms with Crippen molar-refractivity contribution in [3.05, 3.63) is 90.0 Å². The normalized spacial score (nSPS) is 14.5. The molecule has 5 aromatic rings. The van der Waals surface area contributed by atoms with E-state index in [0.717, 1.165) is 5.56 Å². The number of hydrogen-bond acceptors (Lipinski definition) is 11. The van der Waals surface area contributed by atoms with Crippen LogP contribution in [-0.2, 0) is 5.54 Å². The Morgan fingerprint density at radius 1 is 1.00 bits per heavy atom. The molecule has 0 saturated heterocycles. The number of aliphatic hydroxyl groups excluding tert-OH is 1. The molecule has 12 nitrogen and oxygen atoms in total. The second-order valence-corrected chi connectivity index (χ2v) is 10.2. The number of nitrogens with one attached hydrogen (secondary N) is 2. The molecule has 1 atom stereocenters. The maximum absolute atomic E-state index is 12.9. The number of fused-ring (bicyclic) bond motifs is 1. The molecule has 212 valence electrons. The summed E-state index contributed by atoms with van der Waals surface area (Å²) in [5.41, 5.74) is 2.74. The van der Waals surface area contributed by atoms with Gasteiger partial charge in [0.15, 0.2) is 0 Å². The van der Waals surface area contributed by atoms with Crippen molar-refractivity contribution in [3.63, 3.8) is 0 Å². The molecule has 0 aliphatic carbocycles. The molecule has 0 bridgehead atoms. The fraction of sp³-hybridized carbons (Fsp3) is 0.233. The van der Waals surface area contributed by atoms with Gasteiger partial charge in [-0.3, -0.25) is 9.78 Å². The molecule has 0 spiro atoms. The molecule has 6 rings (SSSR count). The SMILES string of the molecule is CCN1C(=O)c2ccc(Nc3ncc(-c4nc(-c5cccnc5)no4)c(N[C@H](CO)c4ccccc4)n3)nc2C1(C)C. The highest BCUT2D eigenvalue weighted by molar-refractivity contribution is 5.99. The lowest BCUT2D eigenvalue weighted by atomic mass is 9.99. The summed E-state index contributed by atoms with van der Waals surface area (Å²) >= 11 is 0. The van der Waals surface area contributed by atoms with Gasteiger partial charge in [0.05, 0.1) is 29.4 Å². The number of pyridine rings is 2. The van der Waals surface area contributed by atoms with Gasteiger partial charge < -0.3 is 25.2 Å². The first kappa shape index (κ1) is 27.0. The van der Waals surface area contributed by atoms with Crippen molar-refractivity contribution in [2.24, 2.45) is 0 Å². The van der Waals surface area contributed by atoms with E-state index in [9.17, 15) is 9.90 Å². The molecule has 1 amide bonds. The summed E-state index contributed by atoms with van der Waals surface area (Å²) in [5, 5.41) is 20.8. The predicted octanol–water partition coefficient (Wildman–Crippen LogP) is 4.58. The Bertz CT molecular complexity index is 1730. The van der Waals surface area contributed by atoms with Crippen LogP contribution in [0.5, 0.6) is 0 Å². The van der Waals surface area contributed by atoms with Gasteiger partial charge in [-0.15, -0.1) is 0 Å². The Morgan fingerprint density at radius 3 is 2.57 bits per heavy atom. The van der Waals surface area contributed by atoms with Gasteiger partial charge >= 0.3 is 0 Å². The van der Waals surface area contributed by atoms with E-state index in [4.69, 9.17) is 14.5 Å². The molecule has 1 aromatic carbocycles. The van der Waals surface area contributed by atoms with E-state index in [1.165, 1.54) is 0 Å². The third-order valence-electron chi connectivity index (χ3n) is 7.24. The number of aromatic nitrogens is 6. The van der Waals surface area contributed by atoms with Crippen LogP contribution in [0.4, 0.5) is 17.6 Å². The standard InChI is InChI=1S/C30H29N9O3/c1-4-39-28(41)20-12-13-23(34-24(20)30(39,2)3)35-29-32-16-21(27-36-25(38-42-27)19-11-8-14-31-15-19)26(37-29)33-22(17-40)18-9-6-5-7-10-18/h5-16,22,40H,4,17H2,1-3H3,(H2,32,33,34,35,37)/t22-/m1/s1. The van der Waals surface area contributed by atoms with Crippen molar-refractivity contribution in [3.8, 4) is 22.8 Å². The quantitative estimate of drug-likeness (QED) is 0.231. The molecule has 12 heteroatoms. The van der Waals surface area contributed by atoms with Crippen molar-refractivity contribution in [1.29, 1.82) is 0 Å². The zero-order valence-corrected chi connectivity index (χ0v) is 23.3. The largest absolute Gasteiger partial charge is 0.394 e. The third kappa shape index (κ3) is 4.92. The Balaban J connectivity index is 1.36. The number of nitrogens with zero attached hydrogens (tertiary/aromatic N) is 7. The molecule has 3 N–H and O–H groups in total. The lowest BCUT2D eigenvalue weighted by Crippen LogP contribution is -2.39. The third-order valence-corrected chi connectivity index (χ3v) is 7.24. The molecule has 0 fully saturated rings. The van der Waals surface area contributed by atoms with Crippen LogP contribution in [0.1, 0.15) is 48.4 Å². The maximum Gasteiger partial charge on any atom is 0.263 e. The van der Waals surface area contributed by atoms with E-state index in [1.54, 1.807) is 41.7 Å². The molecule has 1 aliphatic rings. The van der Waals surface area contributed by atoms with Gasteiger partial charge in [0.25, 0.3) is 11.8 Å². The minimum absolute atomic E-state index is 0.0372. The highest BCUT2D eigenvalue weighted by Crippen LogP contribution is 2.38. The summed E-state index contributed by atoms with van der Waals surface area (Å²) in [6, 6.07) is 16.2. The average molecular weight is 564 g/mol. The van der Waals surface area contributed by atoms with E-state index in [0.29, 0.717) is 46.4 Å². The van der Waals surface area contributed by atoms with Gasteiger partial charge in [-0.25, -0.2) is 9.97 Å². The summed E-state index contributed by atoms with van der Waals surface area (Å²) in [6.45, 7) is 6.30. The first-order valence-corrected chi connectivity index (χ1v) is 13.5. The number of hydrogen-bond donors (Lipinski definition) is 3. The van der Waals surface area contributed by atoms with E-state index >= 15 is 0 Å². The number of carbonyl (C=O) groups excluding carboxylic acids is 1. The fourth-order valence-corrected chi connectivity index (χ4v) is 5.09. The predicted molar refractivity (Wildman–Crippen MR) is 156 cm³/mol. The number of carbonyl (C=O) groups is 1. The van der Waals surface area contributed by atoms with Crippen molar-refractivity contribution >= 4 is 23.5 Å². The maximum atomic E-state index is 12.9. The van der Waals surface area contributed by atoms with Crippen LogP contribution in [0, 0.1) is 0 Å². The summed E-state index contributed by atoms with van der Waals surface area (Å²) in [5.74, 6) is 1.64. The van der Waals surface area contributed by atoms with E-state index in [-0.39, 0.29) is 24.4 Å². The lowest BCUT2D eigenvalue weighted by Gasteiger charge is -2.30. The van der Waals surface area contributed by atoms with Gasteiger partial charge in [-0.05, 0) is 50.6 Å². The highest BCUT2D eigenvalue weighted by Gasteiger charge is 2.43. The number of amides is 1. The molecular weight excluding hydrogens is 534 g/mol. The lowest BCUT2D eigenvalue weighted by molar-refractivity contribution is 0.0631. The van der Waals surface area contributed by atoms with Crippen LogP contribution in [-0.4, -0.2) is 59.1 Å². The molecule has 0 saturated carbocycles. The van der Waals surface area contributed by atoms with Crippen LogP contribution >= 0.6 is 0 Å². The van der Waals surface area contributed by atoms with E-state index in [1.807, 2.05) is 57.2 Å². The summed E-state index contributed by atoms with van der Waals surface area (Å²) < 4.78 is 5.59. The topological polar surface area (TPSA) is 155 Å². The van der Waals surface area contributed by atoms with Gasteiger partial charge in [0.2, 0.25) is 11.8 Å². The molecule has 0 unspecified atom stereocenters. The van der Waals surface area contributed by atoms with Crippen LogP contribution < -0.4 is 10.6 Å². The molecule has 4 aromatic heterocycles. The van der Waals surface area contributed by atoms with Gasteiger partial charge in [0, 0.05) is 30.7 Å². The van der Waals surface area contributed by atoms with Gasteiger partial charge in [-0.1, -0.05) is 35.5 Å². The second kappa shape index (κ2) is 11.0. The molecule has 5 heterocycles. The Labute approximate surface area is 241 Å². The average Bonchev–Trinajstić information content (AvgIpc) is 3.57. The Kier molecular flexibility index (Phi) is 7.05. The van der Waals surface area contributed by atoms with Crippen LogP contribution in [0.3, 0.4) is 0 Å². The van der Waals surface area contributed by atoms with Crippen LogP contribution in [0.2, 0.25) is 0 Å². The molecule has 0 radical (unpaired) electrons. The van der Waals surface area contributed by atoms with Crippen molar-refractivity contribution in [1.82, 2.24) is 35.0 Å². The fourth-order valence-electron chi connectivity index (χ4n) is 5.09. The van der Waals surface area contributed by atoms with Crippen LogP contribution in [0.15, 0.2) is 77.7 Å². The minimum atomic E-state index is -0.551. The van der Waals surface area contributed by atoms with Gasteiger partial charge in [-0.2, -0.15) is 9.97 Å². The Morgan fingerprint density at radius 2 is 1.83 bits per heavy atom. The van der Waals surface area contributed by atoms with Crippen molar-refractivity contribution < 1.29 is 14.4 Å². The highest BCUT2D eigenvalue weighted by atomic mass is 16.5. The van der Waals surface area contributed by atoms with Crippen LogP contribution in [0.25, 0.3) is 22.8 Å². The van der Waals surface area contributed by atoms with E-state index < -0.39 is 11.6 Å².